The molecule has 238 valence electrons. The largest absolute Gasteiger partial charge is 0.360 e. The van der Waals surface area contributed by atoms with E-state index < -0.39 is 0 Å². The number of rotatable bonds is 4. The lowest BCUT2D eigenvalue weighted by atomic mass is 9.64. The fourth-order valence-corrected chi connectivity index (χ4v) is 11.3. The standard InChI is InChI=1S/C45H48N2/c1-3-12-31(13-4-1)41-35-16-7-8-17-36(35)42(32-14-5-2-6-15-32)45-38-26-25-33(34-18-11-19-37(43(34)38)44(41)45)29-21-23-30(24-22-29)39-28-47-27-10-9-20-40(47)46-39/h7-11,16-21,23,25-28,31-32,34,40,43-46H,1-6,12-15,22,24H2. The van der Waals surface area contributed by atoms with E-state index in [0.29, 0.717) is 23.7 Å². The van der Waals surface area contributed by atoms with Crippen LogP contribution in [0.5, 0.6) is 0 Å². The first-order valence-electron chi connectivity index (χ1n) is 19.0. The monoisotopic (exact) mass is 616 g/mol. The van der Waals surface area contributed by atoms with Gasteiger partial charge in [-0.05, 0) is 89.7 Å². The summed E-state index contributed by atoms with van der Waals surface area (Å²) in [4.78, 5) is 2.28. The Morgan fingerprint density at radius 1 is 0.596 bits per heavy atom. The summed E-state index contributed by atoms with van der Waals surface area (Å²) in [5.41, 5.74) is 13.0. The maximum atomic E-state index is 3.72. The van der Waals surface area contributed by atoms with Crippen LogP contribution < -0.4 is 15.8 Å². The van der Waals surface area contributed by atoms with Crippen molar-refractivity contribution >= 4 is 11.1 Å². The van der Waals surface area contributed by atoms with Crippen LogP contribution in [0.15, 0.2) is 131 Å². The van der Waals surface area contributed by atoms with Crippen LogP contribution >= 0.6 is 0 Å². The van der Waals surface area contributed by atoms with Crippen LogP contribution in [-0.4, -0.2) is 11.1 Å². The lowest BCUT2D eigenvalue weighted by Gasteiger charge is -2.39. The molecule has 1 N–H and O–H groups in total. The van der Waals surface area contributed by atoms with Gasteiger partial charge in [-0.25, -0.2) is 0 Å². The van der Waals surface area contributed by atoms with Crippen molar-refractivity contribution in [1.29, 1.82) is 0 Å². The first-order chi connectivity index (χ1) is 23.3. The molecule has 0 saturated heterocycles. The molecular weight excluding hydrogens is 569 g/mol. The Bertz CT molecular complexity index is 1900. The number of fused-ring (bicyclic) bond motifs is 5. The predicted molar refractivity (Wildman–Crippen MR) is 194 cm³/mol. The van der Waals surface area contributed by atoms with Gasteiger partial charge in [0.05, 0.1) is 5.70 Å². The minimum absolute atomic E-state index is 0.256. The van der Waals surface area contributed by atoms with Crippen molar-refractivity contribution in [3.8, 4) is 0 Å². The van der Waals surface area contributed by atoms with E-state index in [1.54, 1.807) is 32.7 Å². The molecule has 2 aliphatic heterocycles. The van der Waals surface area contributed by atoms with Gasteiger partial charge in [-0.3, -0.25) is 0 Å². The third-order valence-electron chi connectivity index (χ3n) is 13.3. The summed E-state index contributed by atoms with van der Waals surface area (Å²) >= 11 is 0. The average molecular weight is 617 g/mol. The number of hydrogen-bond donors (Lipinski definition) is 1. The lowest BCUT2D eigenvalue weighted by Crippen LogP contribution is -2.43. The van der Waals surface area contributed by atoms with Crippen molar-refractivity contribution in [3.63, 3.8) is 0 Å². The summed E-state index contributed by atoms with van der Waals surface area (Å²) in [5, 5.41) is 6.98. The Morgan fingerprint density at radius 3 is 1.91 bits per heavy atom. The molecular formula is C45H48N2. The number of benzene rings is 1. The Kier molecular flexibility index (Phi) is 6.87. The minimum atomic E-state index is 0.256. The van der Waals surface area contributed by atoms with E-state index in [9.17, 15) is 0 Å². The molecule has 2 heterocycles. The van der Waals surface area contributed by atoms with Crippen LogP contribution in [0.3, 0.4) is 0 Å². The first-order valence-corrected chi connectivity index (χ1v) is 19.0. The summed E-state index contributed by atoms with van der Waals surface area (Å²) in [6.45, 7) is 0. The highest BCUT2D eigenvalue weighted by atomic mass is 15.3. The molecule has 2 heteroatoms. The summed E-state index contributed by atoms with van der Waals surface area (Å²) in [6, 6.07) is 9.73. The normalized spacial score (nSPS) is 32.7. The van der Waals surface area contributed by atoms with Gasteiger partial charge in [-0.15, -0.1) is 0 Å². The number of nitrogens with zero attached hydrogens (tertiary/aromatic N) is 1. The summed E-state index contributed by atoms with van der Waals surface area (Å²) in [5.74, 6) is 3.54. The van der Waals surface area contributed by atoms with Crippen LogP contribution in [0.2, 0.25) is 0 Å². The zero-order valence-corrected chi connectivity index (χ0v) is 27.7. The van der Waals surface area contributed by atoms with Crippen LogP contribution in [0.4, 0.5) is 0 Å². The second-order valence-corrected chi connectivity index (χ2v) is 15.6. The molecule has 0 bridgehead atoms. The fourth-order valence-electron chi connectivity index (χ4n) is 11.3. The van der Waals surface area contributed by atoms with Crippen molar-refractivity contribution < 1.29 is 0 Å². The highest BCUT2D eigenvalue weighted by molar-refractivity contribution is 5.75. The Labute approximate surface area is 280 Å². The van der Waals surface area contributed by atoms with Crippen LogP contribution in [0.25, 0.3) is 11.1 Å². The van der Waals surface area contributed by atoms with E-state index in [-0.39, 0.29) is 6.17 Å². The molecule has 3 saturated carbocycles. The maximum absolute atomic E-state index is 3.72. The topological polar surface area (TPSA) is 15.3 Å². The lowest BCUT2D eigenvalue weighted by molar-refractivity contribution is 0.390. The molecule has 9 aliphatic rings. The average Bonchev–Trinajstić information content (AvgIpc) is 3.72. The van der Waals surface area contributed by atoms with Gasteiger partial charge in [0.15, 0.2) is 0 Å². The van der Waals surface area contributed by atoms with Crippen LogP contribution in [0, 0.1) is 35.5 Å². The highest BCUT2D eigenvalue weighted by Crippen LogP contribution is 2.62. The Hall–Kier alpha value is -3.78. The molecule has 0 aromatic heterocycles. The van der Waals surface area contributed by atoms with Gasteiger partial charge in [0.1, 0.15) is 6.17 Å². The molecule has 1 aromatic carbocycles. The SMILES string of the molecule is C1=CC2C(C3=CC=C(C4=CN5C=CC=CC5N4)CC3)=CC=C3C2C(=C1)C1C(C2CCCCC2)=c2ccccc2=C(C2CCCCC2)C31. The van der Waals surface area contributed by atoms with E-state index >= 15 is 0 Å². The maximum Gasteiger partial charge on any atom is 0.122 e. The minimum Gasteiger partial charge on any atom is -0.360 e. The zero-order chi connectivity index (χ0) is 30.9. The van der Waals surface area contributed by atoms with E-state index in [4.69, 9.17) is 0 Å². The van der Waals surface area contributed by atoms with Crippen molar-refractivity contribution in [1.82, 2.24) is 10.2 Å². The van der Waals surface area contributed by atoms with Gasteiger partial charge in [0.25, 0.3) is 0 Å². The molecule has 2 nitrogen and oxygen atoms in total. The predicted octanol–water partition coefficient (Wildman–Crippen LogP) is 8.81. The van der Waals surface area contributed by atoms with Crippen molar-refractivity contribution in [2.45, 2.75) is 83.2 Å². The fraction of sp³-hybridized carbons (Fsp3) is 0.422. The molecule has 10 rings (SSSR count). The van der Waals surface area contributed by atoms with E-state index in [1.807, 2.05) is 11.1 Å². The first kappa shape index (κ1) is 28.3. The highest BCUT2D eigenvalue weighted by Gasteiger charge is 2.53. The molecule has 0 spiro atoms. The molecule has 0 amide bonds. The summed E-state index contributed by atoms with van der Waals surface area (Å²) in [6.07, 6.45) is 45.0. The van der Waals surface area contributed by atoms with Gasteiger partial charge in [0.2, 0.25) is 0 Å². The van der Waals surface area contributed by atoms with Crippen molar-refractivity contribution in [2.75, 3.05) is 0 Å². The second kappa shape index (κ2) is 11.4. The smallest absolute Gasteiger partial charge is 0.122 e. The van der Waals surface area contributed by atoms with Gasteiger partial charge in [0, 0.05) is 36.1 Å². The quantitative estimate of drug-likeness (QED) is 0.364. The third kappa shape index (κ3) is 4.50. The number of nitrogens with one attached hydrogen (secondary N) is 1. The Balaban J connectivity index is 1.07. The molecule has 5 atom stereocenters. The van der Waals surface area contributed by atoms with Crippen LogP contribution in [0.1, 0.15) is 77.0 Å². The van der Waals surface area contributed by atoms with E-state index in [0.717, 1.165) is 24.7 Å². The molecule has 0 radical (unpaired) electrons. The van der Waals surface area contributed by atoms with Crippen LogP contribution in [-0.2, 0) is 0 Å². The Morgan fingerprint density at radius 2 is 1.26 bits per heavy atom. The summed E-state index contributed by atoms with van der Waals surface area (Å²) in [7, 11) is 0. The van der Waals surface area contributed by atoms with E-state index in [1.165, 1.54) is 75.5 Å². The third-order valence-corrected chi connectivity index (χ3v) is 13.3. The number of hydrogen-bond acceptors (Lipinski definition) is 2. The van der Waals surface area contributed by atoms with Gasteiger partial charge in [-0.1, -0.05) is 134 Å². The van der Waals surface area contributed by atoms with Gasteiger partial charge < -0.3 is 10.2 Å². The van der Waals surface area contributed by atoms with E-state index in [2.05, 4.69) is 108 Å². The second-order valence-electron chi connectivity index (χ2n) is 15.6. The molecule has 47 heavy (non-hydrogen) atoms. The summed E-state index contributed by atoms with van der Waals surface area (Å²) < 4.78 is 0. The molecule has 1 aromatic rings. The number of allylic oxidation sites excluding steroid dienone is 14. The molecule has 7 aliphatic carbocycles. The van der Waals surface area contributed by atoms with Crippen molar-refractivity contribution in [3.05, 3.63) is 141 Å². The zero-order valence-electron chi connectivity index (χ0n) is 27.7. The van der Waals surface area contributed by atoms with Gasteiger partial charge >= 0.3 is 0 Å². The van der Waals surface area contributed by atoms with Crippen molar-refractivity contribution in [2.24, 2.45) is 35.5 Å². The molecule has 5 unspecified atom stereocenters. The molecule has 3 fully saturated rings. The van der Waals surface area contributed by atoms with Gasteiger partial charge in [-0.2, -0.15) is 0 Å².